The molecule has 7 heteroatoms. The van der Waals surface area contributed by atoms with E-state index in [2.05, 4.69) is 10.3 Å². The molecule has 4 aromatic rings. The zero-order chi connectivity index (χ0) is 21.9. The highest BCUT2D eigenvalue weighted by Gasteiger charge is 2.26. The topological polar surface area (TPSA) is 59.8 Å². The van der Waals surface area contributed by atoms with Gasteiger partial charge in [-0.25, -0.2) is 4.39 Å². The minimum atomic E-state index is -0.294. The third kappa shape index (κ3) is 4.29. The number of fused-ring (bicyclic) bond motifs is 1. The minimum absolute atomic E-state index is 0.227. The highest BCUT2D eigenvalue weighted by atomic mass is 32.2. The number of hydrogen-bond acceptors (Lipinski definition) is 4. The number of nitrogens with zero attached hydrogens (tertiary/aromatic N) is 3. The summed E-state index contributed by atoms with van der Waals surface area (Å²) in [5, 5.41) is 7.81. The van der Waals surface area contributed by atoms with Gasteiger partial charge in [-0.3, -0.25) is 14.5 Å². The predicted octanol–water partition coefficient (Wildman–Crippen LogP) is 5.10. The number of benzene rings is 2. The molecule has 2 aromatic heterocycles. The van der Waals surface area contributed by atoms with Crippen LogP contribution in [-0.4, -0.2) is 26.4 Å². The van der Waals surface area contributed by atoms with E-state index < -0.39 is 0 Å². The molecule has 0 saturated heterocycles. The van der Waals surface area contributed by atoms with Gasteiger partial charge >= 0.3 is 0 Å². The monoisotopic (exact) mass is 444 g/mol. The van der Waals surface area contributed by atoms with E-state index in [0.29, 0.717) is 17.8 Å². The Hall–Kier alpha value is -3.45. The fourth-order valence-electron chi connectivity index (χ4n) is 3.91. The van der Waals surface area contributed by atoms with Gasteiger partial charge in [0, 0.05) is 34.8 Å². The minimum Gasteiger partial charge on any atom is -0.345 e. The molecule has 0 spiro atoms. The summed E-state index contributed by atoms with van der Waals surface area (Å²) in [5.41, 5.74) is 3.75. The van der Waals surface area contributed by atoms with Gasteiger partial charge in [0.05, 0.1) is 18.2 Å². The second-order valence-electron chi connectivity index (χ2n) is 7.66. The number of nitrogens with one attached hydrogen (secondary N) is 1. The Labute approximate surface area is 189 Å². The molecule has 0 radical (unpaired) electrons. The summed E-state index contributed by atoms with van der Waals surface area (Å²) in [7, 11) is 0. The first-order chi connectivity index (χ1) is 15.7. The third-order valence-electron chi connectivity index (χ3n) is 5.45. The van der Waals surface area contributed by atoms with Crippen molar-refractivity contribution in [2.24, 2.45) is 0 Å². The number of pyridine rings is 1. The lowest BCUT2D eigenvalue weighted by atomic mass is 10.0. The standard InChI is InChI=1S/C25H21FN4OS/c26-19-8-9-23-20(13-19)22(10-12-32-23)28-25(31)21-16-30(15-17-5-2-1-3-6-17)29-24(21)18-7-4-11-27-14-18/h1-9,11,13-14,16,22H,10,12,15H2,(H,28,31)/t22-/m0/s1. The molecular formula is C25H21FN4OS. The number of hydrogen-bond donors (Lipinski definition) is 1. The van der Waals surface area contributed by atoms with Gasteiger partial charge in [-0.05, 0) is 47.9 Å². The molecule has 32 heavy (non-hydrogen) atoms. The SMILES string of the molecule is O=C(N[C@H]1CCSc2ccc(F)cc21)c1cn(Cc2ccccc2)nc1-c1cccnc1. The van der Waals surface area contributed by atoms with E-state index in [4.69, 9.17) is 5.10 Å². The summed E-state index contributed by atoms with van der Waals surface area (Å²) in [5.74, 6) is 0.347. The largest absolute Gasteiger partial charge is 0.345 e. The molecule has 5 nitrogen and oxygen atoms in total. The van der Waals surface area contributed by atoms with Gasteiger partial charge < -0.3 is 5.32 Å². The van der Waals surface area contributed by atoms with Crippen molar-refractivity contribution in [3.05, 3.63) is 102 Å². The van der Waals surface area contributed by atoms with Gasteiger partial charge in [-0.1, -0.05) is 30.3 Å². The smallest absolute Gasteiger partial charge is 0.255 e. The van der Waals surface area contributed by atoms with Crippen LogP contribution in [0.1, 0.15) is 33.9 Å². The first kappa shape index (κ1) is 20.5. The van der Waals surface area contributed by atoms with Crippen LogP contribution >= 0.6 is 11.8 Å². The van der Waals surface area contributed by atoms with Crippen LogP contribution in [0, 0.1) is 5.82 Å². The summed E-state index contributed by atoms with van der Waals surface area (Å²) in [6, 6.07) is 18.2. The predicted molar refractivity (Wildman–Crippen MR) is 123 cm³/mol. The summed E-state index contributed by atoms with van der Waals surface area (Å²) in [4.78, 5) is 18.6. The second kappa shape index (κ2) is 8.96. The fourth-order valence-corrected chi connectivity index (χ4v) is 5.01. The van der Waals surface area contributed by atoms with Crippen LogP contribution in [0.2, 0.25) is 0 Å². The number of carbonyl (C=O) groups is 1. The molecular weight excluding hydrogens is 423 g/mol. The van der Waals surface area contributed by atoms with Crippen LogP contribution in [0.3, 0.4) is 0 Å². The quantitative estimate of drug-likeness (QED) is 0.465. The van der Waals surface area contributed by atoms with E-state index in [-0.39, 0.29) is 17.8 Å². The number of carbonyl (C=O) groups excluding carboxylic acids is 1. The van der Waals surface area contributed by atoms with E-state index in [1.165, 1.54) is 12.1 Å². The van der Waals surface area contributed by atoms with Gasteiger partial charge in [0.2, 0.25) is 0 Å². The number of aromatic nitrogens is 3. The van der Waals surface area contributed by atoms with Crippen molar-refractivity contribution in [3.63, 3.8) is 0 Å². The normalized spacial score (nSPS) is 15.2. The Morgan fingerprint density at radius 2 is 2.03 bits per heavy atom. The van der Waals surface area contributed by atoms with Crippen LogP contribution in [-0.2, 0) is 6.54 Å². The Morgan fingerprint density at radius 1 is 1.16 bits per heavy atom. The fraction of sp³-hybridized carbons (Fsp3) is 0.160. The number of halogens is 1. The molecule has 160 valence electrons. The van der Waals surface area contributed by atoms with Crippen LogP contribution in [0.4, 0.5) is 4.39 Å². The van der Waals surface area contributed by atoms with Crippen LogP contribution in [0.25, 0.3) is 11.3 Å². The average molecular weight is 445 g/mol. The van der Waals surface area contributed by atoms with E-state index in [1.807, 2.05) is 42.5 Å². The molecule has 0 unspecified atom stereocenters. The summed E-state index contributed by atoms with van der Waals surface area (Å²) in [6.45, 7) is 0.551. The van der Waals surface area contributed by atoms with Crippen molar-refractivity contribution >= 4 is 17.7 Å². The highest BCUT2D eigenvalue weighted by Crippen LogP contribution is 2.37. The second-order valence-corrected chi connectivity index (χ2v) is 8.80. The maximum atomic E-state index is 13.9. The van der Waals surface area contributed by atoms with Crippen molar-refractivity contribution in [2.45, 2.75) is 23.9 Å². The summed E-state index contributed by atoms with van der Waals surface area (Å²) >= 11 is 1.69. The molecule has 3 heterocycles. The zero-order valence-corrected chi connectivity index (χ0v) is 18.1. The van der Waals surface area contributed by atoms with Crippen LogP contribution in [0.5, 0.6) is 0 Å². The Bertz CT molecular complexity index is 1240. The summed E-state index contributed by atoms with van der Waals surface area (Å²) in [6.07, 6.45) is 5.91. The lowest BCUT2D eigenvalue weighted by molar-refractivity contribution is 0.0935. The van der Waals surface area contributed by atoms with Gasteiger partial charge in [0.25, 0.3) is 5.91 Å². The number of rotatable bonds is 5. The van der Waals surface area contributed by atoms with Crippen LogP contribution < -0.4 is 5.32 Å². The Kier molecular flexibility index (Phi) is 5.73. The first-order valence-corrected chi connectivity index (χ1v) is 11.4. The number of thioether (sulfide) groups is 1. The molecule has 1 amide bonds. The molecule has 0 bridgehead atoms. The zero-order valence-electron chi connectivity index (χ0n) is 17.2. The van der Waals surface area contributed by atoms with Crippen molar-refractivity contribution in [3.8, 4) is 11.3 Å². The average Bonchev–Trinajstić information content (AvgIpc) is 3.25. The maximum Gasteiger partial charge on any atom is 0.255 e. The lowest BCUT2D eigenvalue weighted by Crippen LogP contribution is -2.30. The molecule has 0 saturated carbocycles. The molecule has 0 aliphatic carbocycles. The van der Waals surface area contributed by atoms with E-state index in [1.54, 1.807) is 41.1 Å². The molecule has 1 aliphatic rings. The molecule has 5 rings (SSSR count). The van der Waals surface area contributed by atoms with Crippen molar-refractivity contribution in [2.75, 3.05) is 5.75 Å². The van der Waals surface area contributed by atoms with E-state index in [9.17, 15) is 9.18 Å². The maximum absolute atomic E-state index is 13.9. The summed E-state index contributed by atoms with van der Waals surface area (Å²) < 4.78 is 15.7. The molecule has 1 aliphatic heterocycles. The van der Waals surface area contributed by atoms with Gasteiger partial charge in [-0.15, -0.1) is 11.8 Å². The van der Waals surface area contributed by atoms with Crippen LogP contribution in [0.15, 0.2) is 84.1 Å². The van der Waals surface area contributed by atoms with Crippen molar-refractivity contribution in [1.82, 2.24) is 20.1 Å². The van der Waals surface area contributed by atoms with Gasteiger partial charge in [0.1, 0.15) is 11.5 Å². The van der Waals surface area contributed by atoms with Crippen molar-refractivity contribution < 1.29 is 9.18 Å². The Morgan fingerprint density at radius 3 is 2.84 bits per heavy atom. The van der Waals surface area contributed by atoms with E-state index >= 15 is 0 Å². The first-order valence-electron chi connectivity index (χ1n) is 10.4. The molecule has 0 fully saturated rings. The highest BCUT2D eigenvalue weighted by molar-refractivity contribution is 7.99. The van der Waals surface area contributed by atoms with Gasteiger partial charge in [-0.2, -0.15) is 5.10 Å². The Balaban J connectivity index is 1.47. The number of amides is 1. The molecule has 1 atom stereocenters. The molecule has 2 aromatic carbocycles. The van der Waals surface area contributed by atoms with E-state index in [0.717, 1.165) is 33.8 Å². The molecule has 1 N–H and O–H groups in total. The third-order valence-corrected chi connectivity index (χ3v) is 6.57. The van der Waals surface area contributed by atoms with Gasteiger partial charge in [0.15, 0.2) is 0 Å². The lowest BCUT2D eigenvalue weighted by Gasteiger charge is -2.26. The van der Waals surface area contributed by atoms with Crippen molar-refractivity contribution in [1.29, 1.82) is 0 Å².